The minimum Gasteiger partial charge on any atom is -0.404 e. The Bertz CT molecular complexity index is 442. The molecule has 3 nitrogen and oxygen atoms in total. The number of para-hydroxylation sites is 1. The second-order valence-electron chi connectivity index (χ2n) is 3.48. The molecule has 16 heavy (non-hydrogen) atoms. The molecule has 6 heteroatoms. The molecule has 1 heterocycles. The fourth-order valence-electron chi connectivity index (χ4n) is 1.63. The van der Waals surface area contributed by atoms with E-state index in [2.05, 4.69) is 10.1 Å². The molecule has 1 atom stereocenters. The summed E-state index contributed by atoms with van der Waals surface area (Å²) >= 11 is 0. The van der Waals surface area contributed by atoms with Crippen LogP contribution < -0.4 is 10.1 Å². The minimum absolute atomic E-state index is 0.109. The summed E-state index contributed by atoms with van der Waals surface area (Å²) in [7, 11) is 0. The Morgan fingerprint density at radius 2 is 2.06 bits per heavy atom. The van der Waals surface area contributed by atoms with Gasteiger partial charge in [-0.2, -0.15) is 0 Å². The zero-order chi connectivity index (χ0) is 11.9. The van der Waals surface area contributed by atoms with E-state index in [0.717, 1.165) is 0 Å². The van der Waals surface area contributed by atoms with Crippen LogP contribution >= 0.6 is 0 Å². The number of hydrogen-bond acceptors (Lipinski definition) is 2. The topological polar surface area (TPSA) is 38.3 Å². The third-order valence-corrected chi connectivity index (χ3v) is 2.39. The summed E-state index contributed by atoms with van der Waals surface area (Å²) < 4.78 is 40.0. The monoisotopic (exact) mass is 231 g/mol. The lowest BCUT2D eigenvalue weighted by Gasteiger charge is -2.12. The van der Waals surface area contributed by atoms with Crippen LogP contribution in [-0.4, -0.2) is 12.3 Å². The molecule has 0 fully saturated rings. The Morgan fingerprint density at radius 1 is 1.38 bits per heavy atom. The van der Waals surface area contributed by atoms with E-state index in [-0.39, 0.29) is 17.3 Å². The van der Waals surface area contributed by atoms with Gasteiger partial charge in [-0.3, -0.25) is 4.79 Å². The molecule has 0 bridgehead atoms. The van der Waals surface area contributed by atoms with Gasteiger partial charge >= 0.3 is 6.36 Å². The molecule has 0 spiro atoms. The molecule has 0 aliphatic carbocycles. The molecular weight excluding hydrogens is 223 g/mol. The Labute approximate surface area is 89.2 Å². The molecule has 1 aromatic rings. The number of halogens is 3. The van der Waals surface area contributed by atoms with Crippen LogP contribution in [0.2, 0.25) is 0 Å². The second-order valence-corrected chi connectivity index (χ2v) is 3.48. The molecule has 1 N–H and O–H groups in total. The van der Waals surface area contributed by atoms with Crippen LogP contribution in [0.1, 0.15) is 18.4 Å². The highest BCUT2D eigenvalue weighted by Crippen LogP contribution is 2.40. The van der Waals surface area contributed by atoms with Gasteiger partial charge in [0.25, 0.3) is 0 Å². The van der Waals surface area contributed by atoms with E-state index in [9.17, 15) is 18.0 Å². The van der Waals surface area contributed by atoms with Crippen molar-refractivity contribution in [2.75, 3.05) is 5.32 Å². The van der Waals surface area contributed by atoms with E-state index in [1.165, 1.54) is 12.1 Å². The first kappa shape index (κ1) is 10.8. The molecule has 0 aromatic heterocycles. The van der Waals surface area contributed by atoms with Crippen LogP contribution in [-0.2, 0) is 4.79 Å². The molecule has 1 aliphatic heterocycles. The Kier molecular flexibility index (Phi) is 2.29. The number of fused-ring (bicyclic) bond motifs is 1. The van der Waals surface area contributed by atoms with E-state index < -0.39 is 12.3 Å². The van der Waals surface area contributed by atoms with Crippen molar-refractivity contribution >= 4 is 11.6 Å². The molecule has 2 rings (SSSR count). The number of carbonyl (C=O) groups excluding carboxylic acids is 1. The summed E-state index contributed by atoms with van der Waals surface area (Å²) in [6.07, 6.45) is -4.76. The highest BCUT2D eigenvalue weighted by Gasteiger charge is 2.35. The number of alkyl halides is 3. The zero-order valence-corrected chi connectivity index (χ0v) is 8.26. The standard InChI is InChI=1S/C10H8F3NO2/c1-5-6-3-2-4-7(16-10(11,12)13)8(6)14-9(5)15/h2-5H,1H3,(H,14,15). The van der Waals surface area contributed by atoms with Gasteiger partial charge in [0.15, 0.2) is 5.75 Å². The van der Waals surface area contributed by atoms with Crippen molar-refractivity contribution in [3.63, 3.8) is 0 Å². The molecule has 0 radical (unpaired) electrons. The van der Waals surface area contributed by atoms with Crippen molar-refractivity contribution in [1.82, 2.24) is 0 Å². The van der Waals surface area contributed by atoms with Crippen LogP contribution in [0.3, 0.4) is 0 Å². The molecule has 1 aromatic carbocycles. The third-order valence-electron chi connectivity index (χ3n) is 2.39. The zero-order valence-electron chi connectivity index (χ0n) is 8.26. The fourth-order valence-corrected chi connectivity index (χ4v) is 1.63. The lowest BCUT2D eigenvalue weighted by molar-refractivity contribution is -0.274. The second kappa shape index (κ2) is 3.40. The highest BCUT2D eigenvalue weighted by molar-refractivity contribution is 6.04. The first-order valence-electron chi connectivity index (χ1n) is 4.58. The highest BCUT2D eigenvalue weighted by atomic mass is 19.4. The number of amides is 1. The van der Waals surface area contributed by atoms with Gasteiger partial charge < -0.3 is 10.1 Å². The molecule has 86 valence electrons. The molecule has 0 saturated heterocycles. The maximum Gasteiger partial charge on any atom is 0.573 e. The summed E-state index contributed by atoms with van der Waals surface area (Å²) in [6, 6.07) is 4.20. The summed E-state index contributed by atoms with van der Waals surface area (Å²) in [5.74, 6) is -1.15. The van der Waals surface area contributed by atoms with Crippen LogP contribution in [0.5, 0.6) is 5.75 Å². The number of ether oxygens (including phenoxy) is 1. The first-order chi connectivity index (χ1) is 7.38. The minimum atomic E-state index is -4.76. The summed E-state index contributed by atoms with van der Waals surface area (Å²) in [5.41, 5.74) is 0.629. The van der Waals surface area contributed by atoms with Crippen LogP contribution in [0.15, 0.2) is 18.2 Å². The van der Waals surface area contributed by atoms with Crippen LogP contribution in [0, 0.1) is 0 Å². The fraction of sp³-hybridized carbons (Fsp3) is 0.300. The number of anilines is 1. The van der Waals surface area contributed by atoms with Crippen molar-refractivity contribution in [2.45, 2.75) is 19.2 Å². The number of benzene rings is 1. The molecule has 1 aliphatic rings. The number of carbonyl (C=O) groups is 1. The van der Waals surface area contributed by atoms with E-state index in [0.29, 0.717) is 5.56 Å². The molecule has 1 unspecified atom stereocenters. The van der Waals surface area contributed by atoms with Crippen molar-refractivity contribution in [3.8, 4) is 5.75 Å². The van der Waals surface area contributed by atoms with Crippen molar-refractivity contribution < 1.29 is 22.7 Å². The SMILES string of the molecule is CC1C(=O)Nc2c(OC(F)(F)F)cccc21. The summed E-state index contributed by atoms with van der Waals surface area (Å²) in [4.78, 5) is 11.3. The van der Waals surface area contributed by atoms with Crippen molar-refractivity contribution in [3.05, 3.63) is 23.8 Å². The van der Waals surface area contributed by atoms with Gasteiger partial charge in [0, 0.05) is 0 Å². The maximum absolute atomic E-state index is 12.1. The van der Waals surface area contributed by atoms with E-state index >= 15 is 0 Å². The van der Waals surface area contributed by atoms with Crippen molar-refractivity contribution in [2.24, 2.45) is 0 Å². The Hall–Kier alpha value is -1.72. The van der Waals surface area contributed by atoms with Gasteiger partial charge in [0.2, 0.25) is 5.91 Å². The van der Waals surface area contributed by atoms with Gasteiger partial charge in [0.05, 0.1) is 11.6 Å². The van der Waals surface area contributed by atoms with Gasteiger partial charge in [-0.05, 0) is 18.6 Å². The predicted octanol–water partition coefficient (Wildman–Crippen LogP) is 2.64. The van der Waals surface area contributed by atoms with Gasteiger partial charge in [0.1, 0.15) is 0 Å². The smallest absolute Gasteiger partial charge is 0.404 e. The van der Waals surface area contributed by atoms with E-state index in [1.807, 2.05) is 0 Å². The predicted molar refractivity (Wildman–Crippen MR) is 50.2 cm³/mol. The van der Waals surface area contributed by atoms with Gasteiger partial charge in [-0.25, -0.2) is 0 Å². The summed E-state index contributed by atoms with van der Waals surface area (Å²) in [6.45, 7) is 1.62. The lowest BCUT2D eigenvalue weighted by atomic mass is 10.0. The average molecular weight is 231 g/mol. The molecular formula is C10H8F3NO2. The first-order valence-corrected chi connectivity index (χ1v) is 4.58. The maximum atomic E-state index is 12.1. The van der Waals surface area contributed by atoms with Crippen LogP contribution in [0.25, 0.3) is 0 Å². The molecule has 1 amide bonds. The largest absolute Gasteiger partial charge is 0.573 e. The normalized spacial score (nSPS) is 19.2. The van der Waals surface area contributed by atoms with E-state index in [1.54, 1.807) is 13.0 Å². The Morgan fingerprint density at radius 3 is 2.69 bits per heavy atom. The van der Waals surface area contributed by atoms with Crippen LogP contribution in [0.4, 0.5) is 18.9 Å². The summed E-state index contributed by atoms with van der Waals surface area (Å²) in [5, 5.41) is 2.37. The number of hydrogen-bond donors (Lipinski definition) is 1. The average Bonchev–Trinajstić information content (AvgIpc) is 2.43. The lowest BCUT2D eigenvalue weighted by Crippen LogP contribution is -2.18. The van der Waals surface area contributed by atoms with Gasteiger partial charge in [-0.1, -0.05) is 12.1 Å². The number of nitrogens with one attached hydrogen (secondary N) is 1. The quantitative estimate of drug-likeness (QED) is 0.806. The van der Waals surface area contributed by atoms with Crippen molar-refractivity contribution in [1.29, 1.82) is 0 Å². The van der Waals surface area contributed by atoms with E-state index in [4.69, 9.17) is 0 Å². The third kappa shape index (κ3) is 1.82. The Balaban J connectivity index is 2.40. The van der Waals surface area contributed by atoms with Gasteiger partial charge in [-0.15, -0.1) is 13.2 Å². The molecule has 0 saturated carbocycles. The number of rotatable bonds is 1.